The molecule has 2 aromatic rings. The van der Waals surface area contributed by atoms with Crippen molar-refractivity contribution in [2.75, 3.05) is 20.4 Å². The summed E-state index contributed by atoms with van der Waals surface area (Å²) in [4.78, 5) is 0. The zero-order chi connectivity index (χ0) is 16.6. The van der Waals surface area contributed by atoms with Crippen LogP contribution >= 0.6 is 7.92 Å². The molecule has 3 heteroatoms. The van der Waals surface area contributed by atoms with Crippen LogP contribution in [0, 0.1) is 0 Å². The molecule has 122 valence electrons. The zero-order valence-corrected chi connectivity index (χ0v) is 14.9. The monoisotopic (exact) mass is 336 g/mol. The Balaban J connectivity index is 1.93. The Bertz CT molecular complexity index is 788. The first-order chi connectivity index (χ1) is 11.8. The van der Waals surface area contributed by atoms with Crippen molar-refractivity contribution >= 4 is 18.5 Å². The zero-order valence-electron chi connectivity index (χ0n) is 14.0. The third kappa shape index (κ3) is 2.13. The number of hydrogen-bond donors (Lipinski definition) is 0. The fraction of sp³-hybridized carbons (Fsp3) is 0.238. The molecule has 0 N–H and O–H groups in total. The van der Waals surface area contributed by atoms with Gasteiger partial charge >= 0.3 is 0 Å². The molecule has 1 aliphatic carbocycles. The molecule has 1 spiro atoms. The van der Waals surface area contributed by atoms with E-state index in [-0.39, 0.29) is 5.41 Å². The van der Waals surface area contributed by atoms with Gasteiger partial charge in [-0.25, -0.2) is 0 Å². The van der Waals surface area contributed by atoms with Crippen LogP contribution in [0.25, 0.3) is 0 Å². The Hall–Kier alpha value is -2.05. The SMILES string of the molecule is COC1=CCC=C(OC)C12CP(c1ccccc1)c1ccccc12. The highest BCUT2D eigenvalue weighted by molar-refractivity contribution is 7.73. The van der Waals surface area contributed by atoms with Gasteiger partial charge in [0, 0.05) is 0 Å². The Morgan fingerprint density at radius 1 is 0.833 bits per heavy atom. The third-order valence-electron chi connectivity index (χ3n) is 5.01. The molecule has 0 radical (unpaired) electrons. The first-order valence-corrected chi connectivity index (χ1v) is 9.75. The molecule has 1 atom stereocenters. The molecular formula is C21H21O2P. The van der Waals surface area contributed by atoms with Crippen molar-refractivity contribution in [3.8, 4) is 0 Å². The van der Waals surface area contributed by atoms with Crippen LogP contribution in [0.1, 0.15) is 12.0 Å². The molecule has 2 aromatic carbocycles. The average Bonchev–Trinajstić information content (AvgIpc) is 2.99. The molecule has 2 aliphatic rings. The Morgan fingerprint density at radius 2 is 1.46 bits per heavy atom. The lowest BCUT2D eigenvalue weighted by atomic mass is 9.76. The van der Waals surface area contributed by atoms with Gasteiger partial charge in [-0.05, 0) is 48.8 Å². The van der Waals surface area contributed by atoms with Crippen LogP contribution in [0.5, 0.6) is 0 Å². The van der Waals surface area contributed by atoms with Crippen molar-refractivity contribution in [2.24, 2.45) is 0 Å². The molecule has 4 rings (SSSR count). The minimum Gasteiger partial charge on any atom is -0.500 e. The third-order valence-corrected chi connectivity index (χ3v) is 7.69. The van der Waals surface area contributed by atoms with E-state index in [0.717, 1.165) is 24.1 Å². The van der Waals surface area contributed by atoms with Crippen molar-refractivity contribution < 1.29 is 9.47 Å². The molecule has 1 unspecified atom stereocenters. The van der Waals surface area contributed by atoms with Crippen LogP contribution < -0.4 is 10.6 Å². The highest BCUT2D eigenvalue weighted by Gasteiger charge is 2.52. The van der Waals surface area contributed by atoms with Crippen molar-refractivity contribution in [2.45, 2.75) is 11.8 Å². The predicted molar refractivity (Wildman–Crippen MR) is 100 cm³/mol. The maximum atomic E-state index is 5.85. The summed E-state index contributed by atoms with van der Waals surface area (Å²) in [5.74, 6) is 2.05. The average molecular weight is 336 g/mol. The molecule has 24 heavy (non-hydrogen) atoms. The molecule has 0 aromatic heterocycles. The fourth-order valence-electron chi connectivity index (χ4n) is 4.00. The van der Waals surface area contributed by atoms with Gasteiger partial charge in [0.25, 0.3) is 0 Å². The van der Waals surface area contributed by atoms with E-state index in [4.69, 9.17) is 9.47 Å². The number of hydrogen-bond acceptors (Lipinski definition) is 2. The van der Waals surface area contributed by atoms with Crippen molar-refractivity contribution in [3.63, 3.8) is 0 Å². The smallest absolute Gasteiger partial charge is 0.114 e. The summed E-state index contributed by atoms with van der Waals surface area (Å²) >= 11 is 0. The van der Waals surface area contributed by atoms with E-state index < -0.39 is 7.92 Å². The van der Waals surface area contributed by atoms with Gasteiger partial charge < -0.3 is 9.47 Å². The molecule has 0 fully saturated rings. The van der Waals surface area contributed by atoms with Crippen LogP contribution in [-0.2, 0) is 14.9 Å². The van der Waals surface area contributed by atoms with Crippen LogP contribution in [0.2, 0.25) is 0 Å². The minimum atomic E-state index is -0.434. The second-order valence-electron chi connectivity index (χ2n) is 6.12. The van der Waals surface area contributed by atoms with Gasteiger partial charge in [-0.2, -0.15) is 0 Å². The minimum absolute atomic E-state index is 0.278. The molecule has 0 amide bonds. The number of fused-ring (bicyclic) bond motifs is 2. The van der Waals surface area contributed by atoms with E-state index >= 15 is 0 Å². The molecule has 0 bridgehead atoms. The van der Waals surface area contributed by atoms with E-state index in [2.05, 4.69) is 66.7 Å². The molecule has 2 nitrogen and oxygen atoms in total. The van der Waals surface area contributed by atoms with E-state index in [1.54, 1.807) is 14.2 Å². The Kier molecular flexibility index (Phi) is 3.94. The lowest BCUT2D eigenvalue weighted by molar-refractivity contribution is 0.178. The van der Waals surface area contributed by atoms with Crippen LogP contribution in [0.3, 0.4) is 0 Å². The highest BCUT2D eigenvalue weighted by Crippen LogP contribution is 2.57. The molecule has 0 saturated carbocycles. The van der Waals surface area contributed by atoms with Crippen LogP contribution in [0.15, 0.2) is 78.3 Å². The van der Waals surface area contributed by atoms with E-state index in [0.29, 0.717) is 0 Å². The van der Waals surface area contributed by atoms with Crippen molar-refractivity contribution in [3.05, 3.63) is 83.8 Å². The number of benzene rings is 2. The molecule has 1 heterocycles. The lowest BCUT2D eigenvalue weighted by Crippen LogP contribution is -2.35. The van der Waals surface area contributed by atoms with E-state index in [1.807, 2.05) is 0 Å². The first-order valence-electron chi connectivity index (χ1n) is 8.22. The highest BCUT2D eigenvalue weighted by atomic mass is 31.1. The molecular weight excluding hydrogens is 315 g/mol. The second kappa shape index (κ2) is 6.11. The summed E-state index contributed by atoms with van der Waals surface area (Å²) in [5.41, 5.74) is 1.06. The van der Waals surface area contributed by atoms with Gasteiger partial charge in [0.15, 0.2) is 0 Å². The largest absolute Gasteiger partial charge is 0.500 e. The Morgan fingerprint density at radius 3 is 2.12 bits per heavy atom. The number of ether oxygens (including phenoxy) is 2. The van der Waals surface area contributed by atoms with Gasteiger partial charge in [-0.3, -0.25) is 0 Å². The second-order valence-corrected chi connectivity index (χ2v) is 8.30. The summed E-state index contributed by atoms with van der Waals surface area (Å²) in [5, 5.41) is 2.85. The van der Waals surface area contributed by atoms with Crippen LogP contribution in [0.4, 0.5) is 0 Å². The van der Waals surface area contributed by atoms with E-state index in [1.165, 1.54) is 16.2 Å². The van der Waals surface area contributed by atoms with Crippen molar-refractivity contribution in [1.82, 2.24) is 0 Å². The summed E-state index contributed by atoms with van der Waals surface area (Å²) in [6.45, 7) is 0. The van der Waals surface area contributed by atoms with E-state index in [9.17, 15) is 0 Å². The lowest BCUT2D eigenvalue weighted by Gasteiger charge is -2.35. The first kappa shape index (κ1) is 15.5. The normalized spacial score (nSPS) is 21.0. The van der Waals surface area contributed by atoms with Crippen molar-refractivity contribution in [1.29, 1.82) is 0 Å². The predicted octanol–water partition coefficient (Wildman–Crippen LogP) is 3.84. The number of rotatable bonds is 3. The maximum Gasteiger partial charge on any atom is 0.114 e. The molecule has 1 aliphatic heterocycles. The fourth-order valence-corrected chi connectivity index (χ4v) is 6.94. The quantitative estimate of drug-likeness (QED) is 0.793. The number of allylic oxidation sites excluding steroid dienone is 2. The summed E-state index contributed by atoms with van der Waals surface area (Å²) in [6, 6.07) is 19.6. The van der Waals surface area contributed by atoms with Gasteiger partial charge in [0.1, 0.15) is 16.9 Å². The Labute approximate surface area is 144 Å². The van der Waals surface area contributed by atoms with Gasteiger partial charge in [-0.1, -0.05) is 54.6 Å². The standard InChI is InChI=1S/C21H21O2P/c1-22-19-13-8-14-20(23-2)21(19)15-24(16-9-4-3-5-10-16)18-12-7-6-11-17(18)21/h3-7,9-14H,8,15H2,1-2H3. The summed E-state index contributed by atoms with van der Waals surface area (Å²) < 4.78 is 11.7. The van der Waals surface area contributed by atoms with Gasteiger partial charge in [0.2, 0.25) is 0 Å². The number of methoxy groups -OCH3 is 2. The summed E-state index contributed by atoms with van der Waals surface area (Å²) in [6.07, 6.45) is 6.26. The topological polar surface area (TPSA) is 18.5 Å². The van der Waals surface area contributed by atoms with Gasteiger partial charge in [0.05, 0.1) is 14.2 Å². The van der Waals surface area contributed by atoms with Crippen LogP contribution in [-0.4, -0.2) is 20.4 Å². The molecule has 0 saturated heterocycles. The maximum absolute atomic E-state index is 5.85. The summed E-state index contributed by atoms with van der Waals surface area (Å²) in [7, 11) is 3.12. The van der Waals surface area contributed by atoms with Gasteiger partial charge in [-0.15, -0.1) is 0 Å².